The van der Waals surface area contributed by atoms with E-state index in [-0.39, 0.29) is 6.04 Å². The highest BCUT2D eigenvalue weighted by atomic mass is 32.2. The summed E-state index contributed by atoms with van der Waals surface area (Å²) in [5.41, 5.74) is 2.24. The molecule has 0 bridgehead atoms. The monoisotopic (exact) mass is 327 g/mol. The summed E-state index contributed by atoms with van der Waals surface area (Å²) in [6, 6.07) is 8.28. The molecule has 22 heavy (non-hydrogen) atoms. The number of ether oxygens (including phenoxy) is 1. The van der Waals surface area contributed by atoms with Crippen LogP contribution in [0.25, 0.3) is 0 Å². The number of hydrogen-bond acceptors (Lipinski definition) is 5. The molecule has 1 aliphatic rings. The van der Waals surface area contributed by atoms with Crippen molar-refractivity contribution in [3.8, 4) is 0 Å². The molecular formula is C15H25N3O3S. The van der Waals surface area contributed by atoms with E-state index >= 15 is 0 Å². The summed E-state index contributed by atoms with van der Waals surface area (Å²) < 4.78 is 30.9. The van der Waals surface area contributed by atoms with Gasteiger partial charge in [0.2, 0.25) is 10.0 Å². The minimum Gasteiger partial charge on any atom is -0.379 e. The summed E-state index contributed by atoms with van der Waals surface area (Å²) in [5.74, 6) is 0. The molecule has 1 heterocycles. The molecule has 1 fully saturated rings. The van der Waals surface area contributed by atoms with Crippen LogP contribution in [0.2, 0.25) is 0 Å². The molecule has 0 spiro atoms. The number of sulfonamides is 1. The van der Waals surface area contributed by atoms with Crippen LogP contribution in [0.5, 0.6) is 0 Å². The molecule has 1 aliphatic heterocycles. The molecule has 1 atom stereocenters. The Morgan fingerprint density at radius 2 is 1.82 bits per heavy atom. The summed E-state index contributed by atoms with van der Waals surface area (Å²) in [5, 5.41) is 0. The number of rotatable bonds is 6. The highest BCUT2D eigenvalue weighted by Crippen LogP contribution is 2.23. The van der Waals surface area contributed by atoms with Gasteiger partial charge in [-0.15, -0.1) is 0 Å². The number of nitrogens with one attached hydrogen (secondary N) is 1. The number of anilines is 1. The van der Waals surface area contributed by atoms with Gasteiger partial charge in [0.05, 0.1) is 19.5 Å². The van der Waals surface area contributed by atoms with Crippen molar-refractivity contribution in [2.24, 2.45) is 0 Å². The first kappa shape index (κ1) is 17.2. The molecular weight excluding hydrogens is 302 g/mol. The third-order valence-electron chi connectivity index (χ3n) is 3.82. The van der Waals surface area contributed by atoms with E-state index in [1.54, 1.807) is 0 Å². The Kier molecular flexibility index (Phi) is 5.80. The smallest absolute Gasteiger partial charge is 0.208 e. The van der Waals surface area contributed by atoms with Gasteiger partial charge >= 0.3 is 0 Å². The van der Waals surface area contributed by atoms with Gasteiger partial charge in [-0.1, -0.05) is 12.1 Å². The minimum atomic E-state index is -3.20. The van der Waals surface area contributed by atoms with Gasteiger partial charge in [-0.25, -0.2) is 13.1 Å². The van der Waals surface area contributed by atoms with E-state index in [0.29, 0.717) is 19.8 Å². The van der Waals surface area contributed by atoms with Crippen molar-refractivity contribution in [2.75, 3.05) is 58.1 Å². The zero-order valence-electron chi connectivity index (χ0n) is 13.4. The molecule has 0 aromatic heterocycles. The van der Waals surface area contributed by atoms with Crippen molar-refractivity contribution >= 4 is 15.7 Å². The van der Waals surface area contributed by atoms with Gasteiger partial charge in [-0.3, -0.25) is 4.90 Å². The molecule has 6 nitrogen and oxygen atoms in total. The van der Waals surface area contributed by atoms with Gasteiger partial charge in [0.25, 0.3) is 0 Å². The molecule has 1 N–H and O–H groups in total. The Balaban J connectivity index is 2.18. The highest BCUT2D eigenvalue weighted by Gasteiger charge is 2.23. The Labute approximate surface area is 133 Å². The first-order valence-corrected chi connectivity index (χ1v) is 9.30. The second-order valence-electron chi connectivity index (χ2n) is 5.77. The topological polar surface area (TPSA) is 61.9 Å². The van der Waals surface area contributed by atoms with E-state index < -0.39 is 10.0 Å². The molecule has 1 saturated heterocycles. The number of hydrogen-bond donors (Lipinski definition) is 1. The molecule has 1 aromatic carbocycles. The van der Waals surface area contributed by atoms with Crippen LogP contribution in [-0.2, 0) is 14.8 Å². The van der Waals surface area contributed by atoms with Gasteiger partial charge < -0.3 is 9.64 Å². The summed E-state index contributed by atoms with van der Waals surface area (Å²) in [7, 11) is 0.796. The quantitative estimate of drug-likeness (QED) is 0.832. The maximum Gasteiger partial charge on any atom is 0.208 e. The lowest BCUT2D eigenvalue weighted by Crippen LogP contribution is -2.43. The van der Waals surface area contributed by atoms with E-state index in [1.807, 2.05) is 19.0 Å². The molecule has 0 radical (unpaired) electrons. The molecule has 0 aliphatic carbocycles. The fourth-order valence-electron chi connectivity index (χ4n) is 2.57. The fourth-order valence-corrected chi connectivity index (χ4v) is 3.03. The lowest BCUT2D eigenvalue weighted by Gasteiger charge is -2.35. The van der Waals surface area contributed by atoms with Crippen LogP contribution >= 0.6 is 0 Å². The van der Waals surface area contributed by atoms with E-state index in [2.05, 4.69) is 33.9 Å². The molecule has 1 aromatic rings. The Hall–Kier alpha value is -1.15. The van der Waals surface area contributed by atoms with Crippen molar-refractivity contribution in [1.29, 1.82) is 0 Å². The Morgan fingerprint density at radius 1 is 1.23 bits per heavy atom. The van der Waals surface area contributed by atoms with Gasteiger partial charge in [-0.05, 0) is 17.7 Å². The zero-order valence-corrected chi connectivity index (χ0v) is 14.3. The first-order valence-electron chi connectivity index (χ1n) is 7.40. The highest BCUT2D eigenvalue weighted by molar-refractivity contribution is 7.88. The lowest BCUT2D eigenvalue weighted by atomic mass is 10.0. The molecule has 2 rings (SSSR count). The SMILES string of the molecule is CN(C)c1ccc([C@@H](CNS(C)(=O)=O)N2CCOCC2)cc1. The van der Waals surface area contributed by atoms with Gasteiger partial charge in [0, 0.05) is 45.5 Å². The van der Waals surface area contributed by atoms with Crippen molar-refractivity contribution in [2.45, 2.75) is 6.04 Å². The first-order chi connectivity index (χ1) is 10.4. The summed E-state index contributed by atoms with van der Waals surface area (Å²) >= 11 is 0. The van der Waals surface area contributed by atoms with Crippen molar-refractivity contribution in [3.63, 3.8) is 0 Å². The van der Waals surface area contributed by atoms with E-state index in [0.717, 1.165) is 24.3 Å². The number of benzene rings is 1. The normalized spacial score (nSPS) is 18.1. The predicted octanol–water partition coefficient (Wildman–Crippen LogP) is 0.675. The largest absolute Gasteiger partial charge is 0.379 e. The van der Waals surface area contributed by atoms with E-state index in [1.165, 1.54) is 6.26 Å². The molecule has 0 saturated carbocycles. The van der Waals surface area contributed by atoms with Crippen LogP contribution in [0.3, 0.4) is 0 Å². The molecule has 7 heteroatoms. The average molecular weight is 327 g/mol. The molecule has 0 amide bonds. The van der Waals surface area contributed by atoms with Crippen LogP contribution in [0.1, 0.15) is 11.6 Å². The van der Waals surface area contributed by atoms with Crippen LogP contribution in [0, 0.1) is 0 Å². The molecule has 124 valence electrons. The number of nitrogens with zero attached hydrogens (tertiary/aromatic N) is 2. The van der Waals surface area contributed by atoms with Crippen molar-refractivity contribution in [3.05, 3.63) is 29.8 Å². The van der Waals surface area contributed by atoms with Crippen molar-refractivity contribution < 1.29 is 13.2 Å². The molecule has 0 unspecified atom stereocenters. The van der Waals surface area contributed by atoms with E-state index in [9.17, 15) is 8.42 Å². The maximum atomic E-state index is 11.4. The van der Waals surface area contributed by atoms with Crippen LogP contribution in [-0.4, -0.2) is 66.5 Å². The van der Waals surface area contributed by atoms with E-state index in [4.69, 9.17) is 4.74 Å². The second kappa shape index (κ2) is 7.41. The summed E-state index contributed by atoms with van der Waals surface area (Å²) in [4.78, 5) is 4.31. The summed E-state index contributed by atoms with van der Waals surface area (Å²) in [6.07, 6.45) is 1.19. The van der Waals surface area contributed by atoms with Gasteiger partial charge in [-0.2, -0.15) is 0 Å². The zero-order chi connectivity index (χ0) is 16.2. The number of morpholine rings is 1. The third-order valence-corrected chi connectivity index (χ3v) is 4.51. The predicted molar refractivity (Wildman–Crippen MR) is 88.7 cm³/mol. The second-order valence-corrected chi connectivity index (χ2v) is 7.60. The third kappa shape index (κ3) is 4.95. The van der Waals surface area contributed by atoms with Gasteiger partial charge in [0.15, 0.2) is 0 Å². The van der Waals surface area contributed by atoms with Gasteiger partial charge in [0.1, 0.15) is 0 Å². The van der Waals surface area contributed by atoms with Crippen LogP contribution < -0.4 is 9.62 Å². The minimum absolute atomic E-state index is 0.0230. The fraction of sp³-hybridized carbons (Fsp3) is 0.600. The van der Waals surface area contributed by atoms with Crippen LogP contribution in [0.4, 0.5) is 5.69 Å². The van der Waals surface area contributed by atoms with Crippen LogP contribution in [0.15, 0.2) is 24.3 Å². The lowest BCUT2D eigenvalue weighted by molar-refractivity contribution is 0.0172. The summed E-state index contributed by atoms with van der Waals surface area (Å²) in [6.45, 7) is 3.37. The average Bonchev–Trinajstić information content (AvgIpc) is 2.48. The Bertz CT molecular complexity index is 566. The van der Waals surface area contributed by atoms with Crippen molar-refractivity contribution in [1.82, 2.24) is 9.62 Å². The standard InChI is InChI=1S/C15H25N3O3S/c1-17(2)14-6-4-13(5-7-14)15(12-16-22(3,19)20)18-8-10-21-11-9-18/h4-7,15-16H,8-12H2,1-3H3/t15-/m1/s1. The Morgan fingerprint density at radius 3 is 2.32 bits per heavy atom. The maximum absolute atomic E-state index is 11.4.